The van der Waals surface area contributed by atoms with Gasteiger partial charge in [-0.2, -0.15) is 0 Å². The lowest BCUT2D eigenvalue weighted by atomic mass is 10.2. The SMILES string of the molecule is COc1ccc(NC(=O)c2cccc(OCC(=O)N(C)C)c2)cc1OCc1ccncc1. The van der Waals surface area contributed by atoms with Gasteiger partial charge in [0.1, 0.15) is 12.4 Å². The minimum absolute atomic E-state index is 0.102. The first-order valence-corrected chi connectivity index (χ1v) is 9.90. The van der Waals surface area contributed by atoms with Gasteiger partial charge in [0, 0.05) is 43.8 Å². The topological polar surface area (TPSA) is 90.0 Å². The van der Waals surface area contributed by atoms with Crippen molar-refractivity contribution in [3.05, 3.63) is 78.1 Å². The highest BCUT2D eigenvalue weighted by atomic mass is 16.5. The molecule has 8 nitrogen and oxygen atoms in total. The number of ether oxygens (including phenoxy) is 3. The van der Waals surface area contributed by atoms with Gasteiger partial charge in [-0.15, -0.1) is 0 Å². The summed E-state index contributed by atoms with van der Waals surface area (Å²) in [4.78, 5) is 29.9. The molecule has 3 rings (SSSR count). The molecule has 166 valence electrons. The van der Waals surface area contributed by atoms with Gasteiger partial charge in [-0.05, 0) is 48.0 Å². The second kappa shape index (κ2) is 10.8. The molecule has 0 atom stereocenters. The second-order valence-electron chi connectivity index (χ2n) is 7.07. The average molecular weight is 435 g/mol. The molecule has 1 heterocycles. The third-order valence-corrected chi connectivity index (χ3v) is 4.52. The lowest BCUT2D eigenvalue weighted by Gasteiger charge is -2.14. The molecule has 2 amide bonds. The van der Waals surface area contributed by atoms with Gasteiger partial charge in [0.25, 0.3) is 11.8 Å². The fourth-order valence-corrected chi connectivity index (χ4v) is 2.71. The van der Waals surface area contributed by atoms with Gasteiger partial charge >= 0.3 is 0 Å². The Morgan fingerprint density at radius 3 is 2.47 bits per heavy atom. The number of nitrogens with one attached hydrogen (secondary N) is 1. The predicted octanol–water partition coefficient (Wildman–Crippen LogP) is 3.39. The van der Waals surface area contributed by atoms with Crippen LogP contribution >= 0.6 is 0 Å². The van der Waals surface area contributed by atoms with E-state index in [2.05, 4.69) is 10.3 Å². The molecule has 0 aliphatic rings. The molecule has 2 aromatic carbocycles. The fraction of sp³-hybridized carbons (Fsp3) is 0.208. The molecule has 8 heteroatoms. The molecule has 0 saturated carbocycles. The molecular weight excluding hydrogens is 410 g/mol. The van der Waals surface area contributed by atoms with Crippen LogP contribution in [0.25, 0.3) is 0 Å². The van der Waals surface area contributed by atoms with Crippen LogP contribution in [0.5, 0.6) is 17.2 Å². The molecule has 0 radical (unpaired) electrons. The van der Waals surface area contributed by atoms with Crippen LogP contribution in [0.15, 0.2) is 67.0 Å². The largest absolute Gasteiger partial charge is 0.493 e. The highest BCUT2D eigenvalue weighted by Gasteiger charge is 2.12. The lowest BCUT2D eigenvalue weighted by Crippen LogP contribution is -2.27. The van der Waals surface area contributed by atoms with Gasteiger partial charge in [0.2, 0.25) is 0 Å². The van der Waals surface area contributed by atoms with Crippen LogP contribution in [0.4, 0.5) is 5.69 Å². The molecule has 0 aliphatic carbocycles. The van der Waals surface area contributed by atoms with E-state index in [0.29, 0.717) is 35.1 Å². The summed E-state index contributed by atoms with van der Waals surface area (Å²) in [6.45, 7) is 0.232. The van der Waals surface area contributed by atoms with Crippen LogP contribution in [-0.2, 0) is 11.4 Å². The van der Waals surface area contributed by atoms with Crippen LogP contribution in [-0.4, -0.2) is 49.5 Å². The highest BCUT2D eigenvalue weighted by Crippen LogP contribution is 2.31. The lowest BCUT2D eigenvalue weighted by molar-refractivity contribution is -0.130. The Labute approximate surface area is 186 Å². The van der Waals surface area contributed by atoms with Crippen molar-refractivity contribution in [2.75, 3.05) is 33.1 Å². The summed E-state index contributed by atoms with van der Waals surface area (Å²) in [6.07, 6.45) is 3.39. The van der Waals surface area contributed by atoms with Gasteiger partial charge < -0.3 is 24.4 Å². The highest BCUT2D eigenvalue weighted by molar-refractivity contribution is 6.04. The van der Waals surface area contributed by atoms with Gasteiger partial charge in [-0.25, -0.2) is 0 Å². The molecule has 1 aromatic heterocycles. The fourth-order valence-electron chi connectivity index (χ4n) is 2.71. The monoisotopic (exact) mass is 435 g/mol. The number of likely N-dealkylation sites (N-methyl/N-ethyl adjacent to an activating group) is 1. The van der Waals surface area contributed by atoms with E-state index >= 15 is 0 Å². The quantitative estimate of drug-likeness (QED) is 0.554. The number of rotatable bonds is 9. The number of aromatic nitrogens is 1. The minimum atomic E-state index is -0.320. The van der Waals surface area contributed by atoms with E-state index < -0.39 is 0 Å². The Kier molecular flexibility index (Phi) is 7.64. The first-order valence-electron chi connectivity index (χ1n) is 9.90. The van der Waals surface area contributed by atoms with Gasteiger partial charge in [0.15, 0.2) is 18.1 Å². The first kappa shape index (κ1) is 22.6. The summed E-state index contributed by atoms with van der Waals surface area (Å²) in [5.74, 6) is 1.00. The Morgan fingerprint density at radius 1 is 0.969 bits per heavy atom. The van der Waals surface area contributed by atoms with Gasteiger partial charge in [0.05, 0.1) is 7.11 Å². The van der Waals surface area contributed by atoms with Crippen LogP contribution in [0.3, 0.4) is 0 Å². The van der Waals surface area contributed by atoms with Crippen molar-refractivity contribution >= 4 is 17.5 Å². The maximum Gasteiger partial charge on any atom is 0.259 e. The van der Waals surface area contributed by atoms with E-state index in [4.69, 9.17) is 14.2 Å². The van der Waals surface area contributed by atoms with Crippen molar-refractivity contribution in [3.63, 3.8) is 0 Å². The van der Waals surface area contributed by atoms with Crippen molar-refractivity contribution in [2.24, 2.45) is 0 Å². The van der Waals surface area contributed by atoms with Crippen molar-refractivity contribution < 1.29 is 23.8 Å². The number of nitrogens with zero attached hydrogens (tertiary/aromatic N) is 2. The van der Waals surface area contributed by atoms with E-state index in [1.165, 1.54) is 4.90 Å². The van der Waals surface area contributed by atoms with Crippen molar-refractivity contribution in [1.29, 1.82) is 0 Å². The summed E-state index contributed by atoms with van der Waals surface area (Å²) >= 11 is 0. The summed E-state index contributed by atoms with van der Waals surface area (Å²) in [5.41, 5.74) is 1.91. The molecule has 0 fully saturated rings. The molecule has 0 unspecified atom stereocenters. The molecule has 0 aliphatic heterocycles. The Balaban J connectivity index is 1.68. The van der Waals surface area contributed by atoms with Crippen LogP contribution in [0.1, 0.15) is 15.9 Å². The minimum Gasteiger partial charge on any atom is -0.493 e. The molecule has 1 N–H and O–H groups in total. The number of benzene rings is 2. The smallest absolute Gasteiger partial charge is 0.259 e. The third-order valence-electron chi connectivity index (χ3n) is 4.52. The summed E-state index contributed by atoms with van der Waals surface area (Å²) in [5, 5.41) is 2.84. The van der Waals surface area contributed by atoms with Crippen LogP contribution in [0.2, 0.25) is 0 Å². The summed E-state index contributed by atoms with van der Waals surface area (Å²) < 4.78 is 16.7. The number of pyridine rings is 1. The molecule has 0 saturated heterocycles. The number of carbonyl (C=O) groups is 2. The summed E-state index contributed by atoms with van der Waals surface area (Å²) in [7, 11) is 4.86. The van der Waals surface area contributed by atoms with Crippen LogP contribution in [0, 0.1) is 0 Å². The van der Waals surface area contributed by atoms with Gasteiger partial charge in [-0.1, -0.05) is 6.07 Å². The molecule has 32 heavy (non-hydrogen) atoms. The van der Waals surface area contributed by atoms with E-state index in [-0.39, 0.29) is 18.4 Å². The number of hydrogen-bond donors (Lipinski definition) is 1. The number of hydrogen-bond acceptors (Lipinski definition) is 6. The maximum atomic E-state index is 12.7. The zero-order chi connectivity index (χ0) is 22.9. The Morgan fingerprint density at radius 2 is 1.75 bits per heavy atom. The normalized spacial score (nSPS) is 10.2. The Hall–Kier alpha value is -4.07. The number of anilines is 1. The number of carbonyl (C=O) groups excluding carboxylic acids is 2. The van der Waals surface area contributed by atoms with Crippen molar-refractivity contribution in [1.82, 2.24) is 9.88 Å². The van der Waals surface area contributed by atoms with Crippen molar-refractivity contribution in [2.45, 2.75) is 6.61 Å². The van der Waals surface area contributed by atoms with E-state index in [0.717, 1.165) is 5.56 Å². The molecule has 3 aromatic rings. The third kappa shape index (κ3) is 6.21. The zero-order valence-corrected chi connectivity index (χ0v) is 18.2. The molecule has 0 spiro atoms. The second-order valence-corrected chi connectivity index (χ2v) is 7.07. The predicted molar refractivity (Wildman–Crippen MR) is 120 cm³/mol. The molecule has 0 bridgehead atoms. The standard InChI is InChI=1S/C24H25N3O5/c1-27(2)23(28)16-31-20-6-4-5-18(13-20)24(29)26-19-7-8-21(30-3)22(14-19)32-15-17-9-11-25-12-10-17/h4-14H,15-16H2,1-3H3,(H,26,29). The van der Waals surface area contributed by atoms with Crippen molar-refractivity contribution in [3.8, 4) is 17.2 Å². The molecular formula is C24H25N3O5. The first-order chi connectivity index (χ1) is 15.5. The zero-order valence-electron chi connectivity index (χ0n) is 18.2. The van der Waals surface area contributed by atoms with Crippen LogP contribution < -0.4 is 19.5 Å². The summed E-state index contributed by atoms with van der Waals surface area (Å²) in [6, 6.07) is 15.5. The van der Waals surface area contributed by atoms with Gasteiger partial charge in [-0.3, -0.25) is 14.6 Å². The maximum absolute atomic E-state index is 12.7. The van der Waals surface area contributed by atoms with E-state index in [1.54, 1.807) is 76.1 Å². The Bertz CT molecular complexity index is 1070. The average Bonchev–Trinajstić information content (AvgIpc) is 2.82. The number of amides is 2. The van der Waals surface area contributed by atoms with E-state index in [9.17, 15) is 9.59 Å². The number of methoxy groups -OCH3 is 1. The van der Waals surface area contributed by atoms with E-state index in [1.807, 2.05) is 12.1 Å².